The Balaban J connectivity index is 0.000000455. The molecule has 2 fully saturated rings. The van der Waals surface area contributed by atoms with Crippen LogP contribution in [0.25, 0.3) is 0 Å². The van der Waals surface area contributed by atoms with E-state index in [1.54, 1.807) is 0 Å². The Kier molecular flexibility index (Phi) is 17.0. The van der Waals surface area contributed by atoms with Crippen molar-refractivity contribution in [2.24, 2.45) is 20.3 Å². The fourth-order valence-electron chi connectivity index (χ4n) is 4.89. The van der Waals surface area contributed by atoms with E-state index in [4.69, 9.17) is 9.98 Å². The zero-order valence-corrected chi connectivity index (χ0v) is 31.3. The number of benzene rings is 5. The zero-order chi connectivity index (χ0) is 34.6. The van der Waals surface area contributed by atoms with E-state index < -0.39 is 0 Å². The van der Waals surface area contributed by atoms with Gasteiger partial charge in [-0.3, -0.25) is 0 Å². The summed E-state index contributed by atoms with van der Waals surface area (Å²) in [6.45, 7) is 0. The fraction of sp³-hybridized carbons (Fsp3) is 0. The third kappa shape index (κ3) is 11.9. The minimum atomic E-state index is 0. The summed E-state index contributed by atoms with van der Waals surface area (Å²) in [5, 5.41) is 31.2. The monoisotopic (exact) mass is 830 g/mol. The van der Waals surface area contributed by atoms with Gasteiger partial charge in [-0.25, -0.2) is 9.98 Å². The molecule has 0 bridgehead atoms. The molecule has 0 N–H and O–H groups in total. The minimum Gasteiger partial charge on any atom is -0.791 e. The largest absolute Gasteiger partial charge is 4.00 e. The molecule has 0 aromatic heterocycles. The van der Waals surface area contributed by atoms with Crippen molar-refractivity contribution in [1.29, 1.82) is 0 Å². The molecule has 5 aromatic carbocycles. The van der Waals surface area contributed by atoms with Crippen LogP contribution < -0.4 is 0 Å². The van der Waals surface area contributed by atoms with Crippen molar-refractivity contribution < 1.29 is 25.8 Å². The molecule has 0 unspecified atom stereocenters. The van der Waals surface area contributed by atoms with E-state index in [9.17, 15) is 10.4 Å². The first-order valence-corrected chi connectivity index (χ1v) is 16.0. The Morgan fingerprint density at radius 1 is 0.294 bits per heavy atom. The third-order valence-electron chi connectivity index (χ3n) is 7.28. The standard InChI is InChI=1S/C34H26N4O2.2C5H5.Hf/c39-37-33(27-19-9-3-10-20-27)31(25-15-5-1-6-16-25)35-29-23-13-14-24-30(29)36-32(26-17-7-2-8-18-26)34(38-40)28-21-11-4-12-22-28;2*1-2-4-5-3-1;/h1-24,39-40H;2*1-5H;/q;;;+4/p-2/b35-31?,36-32?,37-33+,38-34+;;;. The van der Waals surface area contributed by atoms with Crippen molar-refractivity contribution in [2.45, 2.75) is 0 Å². The Morgan fingerprint density at radius 3 is 0.745 bits per heavy atom. The Morgan fingerprint density at radius 2 is 0.510 bits per heavy atom. The first-order chi connectivity index (χ1) is 24.8. The maximum Gasteiger partial charge on any atom is 4.00 e. The van der Waals surface area contributed by atoms with Gasteiger partial charge in [0.2, 0.25) is 0 Å². The number of nitrogens with zero attached hydrogens (tertiary/aromatic N) is 4. The van der Waals surface area contributed by atoms with Crippen molar-refractivity contribution in [2.75, 3.05) is 0 Å². The van der Waals surface area contributed by atoms with Gasteiger partial charge < -0.3 is 20.7 Å². The van der Waals surface area contributed by atoms with Gasteiger partial charge in [0.1, 0.15) is 0 Å². The van der Waals surface area contributed by atoms with Gasteiger partial charge in [-0.15, -0.1) is 0 Å². The van der Waals surface area contributed by atoms with Gasteiger partial charge in [0.25, 0.3) is 0 Å². The fourth-order valence-corrected chi connectivity index (χ4v) is 4.89. The van der Waals surface area contributed by atoms with Crippen molar-refractivity contribution in [3.8, 4) is 0 Å². The van der Waals surface area contributed by atoms with Crippen LogP contribution in [0.2, 0.25) is 0 Å². The summed E-state index contributed by atoms with van der Waals surface area (Å²) in [5.74, 6) is 0. The van der Waals surface area contributed by atoms with Crippen molar-refractivity contribution in [3.63, 3.8) is 0 Å². The molecule has 5 aromatic rings. The number of para-hydroxylation sites is 2. The number of aliphatic imine (C=N–C) groups is 2. The van der Waals surface area contributed by atoms with E-state index in [0.29, 0.717) is 33.9 Å². The molecule has 7 heteroatoms. The van der Waals surface area contributed by atoms with Gasteiger partial charge in [-0.2, -0.15) is 0 Å². The molecular formula is C44H34HfN4O2+2. The molecule has 10 radical (unpaired) electrons. The smallest absolute Gasteiger partial charge is 0.791 e. The van der Waals surface area contributed by atoms with E-state index in [0.717, 1.165) is 11.1 Å². The molecule has 0 atom stereocenters. The molecule has 2 aliphatic rings. The van der Waals surface area contributed by atoms with Crippen LogP contribution >= 0.6 is 0 Å². The van der Waals surface area contributed by atoms with Gasteiger partial charge in [0, 0.05) is 22.3 Å². The third-order valence-corrected chi connectivity index (χ3v) is 7.28. The van der Waals surface area contributed by atoms with E-state index in [-0.39, 0.29) is 37.3 Å². The summed E-state index contributed by atoms with van der Waals surface area (Å²) in [6.07, 6.45) is 20.0. The van der Waals surface area contributed by atoms with Crippen LogP contribution in [0.3, 0.4) is 0 Å². The van der Waals surface area contributed by atoms with Crippen molar-refractivity contribution in [3.05, 3.63) is 242 Å². The van der Waals surface area contributed by atoms with Crippen LogP contribution in [0, 0.1) is 74.6 Å². The van der Waals surface area contributed by atoms with Gasteiger partial charge >= 0.3 is 25.8 Å². The van der Waals surface area contributed by atoms with Gasteiger partial charge in [0.05, 0.1) is 34.2 Å². The van der Waals surface area contributed by atoms with Crippen LogP contribution in [0.1, 0.15) is 22.3 Å². The van der Waals surface area contributed by atoms with Gasteiger partial charge in [0.15, 0.2) is 0 Å². The quantitative estimate of drug-likeness (QED) is 0.0885. The van der Waals surface area contributed by atoms with Crippen LogP contribution in [-0.2, 0) is 25.8 Å². The van der Waals surface area contributed by atoms with Gasteiger partial charge in [-0.05, 0) is 76.3 Å². The Bertz CT molecular complexity index is 1700. The second-order valence-corrected chi connectivity index (χ2v) is 10.7. The normalized spacial score (nSPS) is 14.7. The average Bonchev–Trinajstić information content (AvgIpc) is 3.98. The molecule has 7 rings (SSSR count). The summed E-state index contributed by atoms with van der Waals surface area (Å²) in [5.41, 5.74) is 5.00. The second-order valence-electron chi connectivity index (χ2n) is 10.7. The Hall–Kier alpha value is -4.75. The van der Waals surface area contributed by atoms with Crippen molar-refractivity contribution in [1.82, 2.24) is 0 Å². The van der Waals surface area contributed by atoms with Crippen LogP contribution in [0.4, 0.5) is 11.4 Å². The van der Waals surface area contributed by atoms with Crippen LogP contribution in [0.15, 0.2) is 166 Å². The molecule has 2 saturated carbocycles. The summed E-state index contributed by atoms with van der Waals surface area (Å²) >= 11 is 0. The van der Waals surface area contributed by atoms with Crippen LogP contribution in [0.5, 0.6) is 0 Å². The molecule has 0 saturated heterocycles. The first kappa shape index (κ1) is 39.0. The molecule has 2 aliphatic carbocycles. The van der Waals surface area contributed by atoms with E-state index in [1.165, 1.54) is 0 Å². The van der Waals surface area contributed by atoms with Crippen LogP contribution in [-0.4, -0.2) is 22.8 Å². The summed E-state index contributed by atoms with van der Waals surface area (Å²) < 4.78 is 0. The molecule has 0 aliphatic heterocycles. The molecule has 51 heavy (non-hydrogen) atoms. The molecule has 6 nitrogen and oxygen atoms in total. The molecule has 244 valence electrons. The molecule has 0 heterocycles. The van der Waals surface area contributed by atoms with Crippen molar-refractivity contribution >= 4 is 34.2 Å². The first-order valence-electron chi connectivity index (χ1n) is 16.0. The zero-order valence-electron chi connectivity index (χ0n) is 27.7. The van der Waals surface area contributed by atoms with Gasteiger partial charge in [-0.1, -0.05) is 133 Å². The predicted molar refractivity (Wildman–Crippen MR) is 207 cm³/mol. The number of rotatable bonds is 8. The number of hydrogen-bond acceptors (Lipinski definition) is 6. The summed E-state index contributed by atoms with van der Waals surface area (Å²) in [4.78, 5) is 9.88. The maximum atomic E-state index is 12.2. The molecule has 0 spiro atoms. The Labute approximate surface area is 321 Å². The summed E-state index contributed by atoms with van der Waals surface area (Å²) in [6, 6.07) is 44.6. The molecular weight excluding hydrogens is 795 g/mol. The minimum absolute atomic E-state index is 0. The second kappa shape index (κ2) is 22.1. The average molecular weight is 829 g/mol. The topological polar surface area (TPSA) is 95.6 Å². The molecule has 0 amide bonds. The number of hydrogen-bond donors (Lipinski definition) is 0. The summed E-state index contributed by atoms with van der Waals surface area (Å²) in [7, 11) is 0. The van der Waals surface area contributed by atoms with E-state index in [2.05, 4.69) is 10.3 Å². The van der Waals surface area contributed by atoms with E-state index >= 15 is 0 Å². The van der Waals surface area contributed by atoms with E-state index in [1.807, 2.05) is 210 Å². The SMILES string of the molecule is [CH]1[CH][CH][CH][CH]1.[CH]1[CH][CH][CH][CH]1.[Hf+4].[O-]/N=C(/C(=Nc1ccccc1N=C(/C(=N/[O-])c1ccccc1)c1ccccc1)c1ccccc1)c1ccccc1. The maximum absolute atomic E-state index is 12.2. The predicted octanol–water partition coefficient (Wildman–Crippen LogP) is 9.94.